The minimum Gasteiger partial charge on any atom is -0.486 e. The van der Waals surface area contributed by atoms with Crippen LogP contribution in [0.4, 0.5) is 8.78 Å². The maximum atomic E-state index is 14.3. The minimum atomic E-state index is -3.12. The molecule has 0 saturated carbocycles. The van der Waals surface area contributed by atoms with Gasteiger partial charge in [-0.05, 0) is 19.4 Å². The Labute approximate surface area is 146 Å². The summed E-state index contributed by atoms with van der Waals surface area (Å²) in [5, 5.41) is 16.2. The second kappa shape index (κ2) is 5.25. The number of amides is 1. The van der Waals surface area contributed by atoms with Crippen LogP contribution >= 0.6 is 11.8 Å². The number of aromatic nitrogens is 2. The molecule has 0 aliphatic carbocycles. The Morgan fingerprint density at radius 1 is 1.48 bits per heavy atom. The summed E-state index contributed by atoms with van der Waals surface area (Å²) in [6, 6.07) is 0. The second-order valence-corrected chi connectivity index (χ2v) is 7.83. The lowest BCUT2D eigenvalue weighted by Crippen LogP contribution is -2.40. The van der Waals surface area contributed by atoms with Crippen molar-refractivity contribution < 1.29 is 23.4 Å². The molecule has 132 valence electrons. The summed E-state index contributed by atoms with van der Waals surface area (Å²) in [6.07, 6.45) is 2.53. The molecule has 4 heterocycles. The van der Waals surface area contributed by atoms with E-state index in [-0.39, 0.29) is 17.0 Å². The molecule has 0 aromatic carbocycles. The minimum absolute atomic E-state index is 0.0135. The number of carbonyl (C=O) groups is 1. The number of alkyl halides is 2. The number of rotatable bonds is 2. The number of carbonyl (C=O) groups excluding carboxylic acids is 1. The first-order valence-corrected chi connectivity index (χ1v) is 8.55. The molecule has 6 nitrogen and oxygen atoms in total. The van der Waals surface area contributed by atoms with Crippen LogP contribution in [-0.4, -0.2) is 50.3 Å². The Bertz CT molecular complexity index is 850. The predicted octanol–water partition coefficient (Wildman–Crippen LogP) is 2.30. The lowest BCUT2D eigenvalue weighted by Gasteiger charge is -2.28. The molecule has 4 rings (SSSR count). The quantitative estimate of drug-likeness (QED) is 0.838. The van der Waals surface area contributed by atoms with Crippen molar-refractivity contribution in [2.75, 3.05) is 6.61 Å². The number of thioether (sulfide) groups is 1. The van der Waals surface area contributed by atoms with Gasteiger partial charge in [-0.3, -0.25) is 9.89 Å². The third-order valence-corrected chi connectivity index (χ3v) is 5.54. The van der Waals surface area contributed by atoms with Crippen molar-refractivity contribution >= 4 is 28.3 Å². The van der Waals surface area contributed by atoms with E-state index in [9.17, 15) is 18.7 Å². The van der Waals surface area contributed by atoms with Gasteiger partial charge in [-0.1, -0.05) is 0 Å². The molecule has 0 fully saturated rings. The van der Waals surface area contributed by atoms with Gasteiger partial charge in [0.05, 0.1) is 16.8 Å². The Hall–Kier alpha value is -2.00. The maximum Gasteiger partial charge on any atom is 0.285 e. The first-order valence-electron chi connectivity index (χ1n) is 7.67. The fourth-order valence-corrected chi connectivity index (χ4v) is 4.47. The molecule has 1 aromatic heterocycles. The van der Waals surface area contributed by atoms with Gasteiger partial charge in [0.2, 0.25) is 0 Å². The Balaban J connectivity index is 1.96. The Morgan fingerprint density at radius 2 is 2.24 bits per heavy atom. The average Bonchev–Trinajstić information content (AvgIpc) is 3.11. The van der Waals surface area contributed by atoms with Crippen molar-refractivity contribution in [3.05, 3.63) is 34.9 Å². The smallest absolute Gasteiger partial charge is 0.285 e. The Kier molecular flexibility index (Phi) is 3.46. The fraction of sp³-hybridized carbons (Fsp3) is 0.438. The van der Waals surface area contributed by atoms with Gasteiger partial charge in [-0.15, -0.1) is 11.8 Å². The number of hydrogen-bond donors (Lipinski definition) is 2. The first-order chi connectivity index (χ1) is 11.7. The average molecular weight is 367 g/mol. The molecule has 1 amide bonds. The highest BCUT2D eigenvalue weighted by Crippen LogP contribution is 2.53. The van der Waals surface area contributed by atoms with E-state index in [1.807, 2.05) is 0 Å². The van der Waals surface area contributed by atoms with E-state index in [0.717, 1.165) is 0 Å². The standard InChI is InChI=1S/C16H15F2N3O3S/c1-15(2,23)13-8-3-16(17,18)6-24-10-9(8)12(14(22)21-13)25-11(10)7-4-19-20-5-7/h4-5,12,23H,3,6H2,1-2H3,(H,19,20). The van der Waals surface area contributed by atoms with Gasteiger partial charge in [0, 0.05) is 23.8 Å². The first kappa shape index (κ1) is 16.5. The number of hydrogen-bond acceptors (Lipinski definition) is 5. The molecule has 0 saturated heterocycles. The molecular weight excluding hydrogens is 352 g/mol. The van der Waals surface area contributed by atoms with Gasteiger partial charge >= 0.3 is 0 Å². The summed E-state index contributed by atoms with van der Waals surface area (Å²) in [5.74, 6) is -3.35. The zero-order valence-corrected chi connectivity index (χ0v) is 14.3. The van der Waals surface area contributed by atoms with Crippen molar-refractivity contribution in [2.45, 2.75) is 37.0 Å². The van der Waals surface area contributed by atoms with Crippen molar-refractivity contribution in [3.63, 3.8) is 0 Å². The van der Waals surface area contributed by atoms with E-state index >= 15 is 0 Å². The Morgan fingerprint density at radius 3 is 2.88 bits per heavy atom. The third kappa shape index (κ3) is 2.62. The number of dihydropyridines is 1. The van der Waals surface area contributed by atoms with E-state index in [1.54, 1.807) is 12.4 Å². The van der Waals surface area contributed by atoms with E-state index in [0.29, 0.717) is 16.0 Å². The van der Waals surface area contributed by atoms with Gasteiger partial charge in [0.15, 0.2) is 6.61 Å². The summed E-state index contributed by atoms with van der Waals surface area (Å²) < 4.78 is 34.0. The van der Waals surface area contributed by atoms with Gasteiger partial charge in [-0.2, -0.15) is 5.10 Å². The summed E-state index contributed by atoms with van der Waals surface area (Å²) in [6.45, 7) is 2.07. The number of allylic oxidation sites excluding steroid dienone is 1. The zero-order chi connectivity index (χ0) is 18.0. The molecule has 0 bridgehead atoms. The molecule has 1 aromatic rings. The third-order valence-electron chi connectivity index (χ3n) is 4.21. The normalized spacial score (nSPS) is 25.6. The molecule has 3 aliphatic rings. The number of aliphatic imine (C=N–C) groups is 1. The summed E-state index contributed by atoms with van der Waals surface area (Å²) in [4.78, 5) is 17.0. The van der Waals surface area contributed by atoms with Crippen LogP contribution in [0.15, 0.2) is 34.3 Å². The maximum absolute atomic E-state index is 14.3. The fourth-order valence-electron chi connectivity index (χ4n) is 3.19. The van der Waals surface area contributed by atoms with Crippen LogP contribution in [0.1, 0.15) is 25.8 Å². The summed E-state index contributed by atoms with van der Waals surface area (Å²) in [5.41, 5.74) is -0.280. The molecule has 9 heteroatoms. The van der Waals surface area contributed by atoms with Crippen molar-refractivity contribution in [3.8, 4) is 0 Å². The molecular formula is C16H15F2N3O3S. The van der Waals surface area contributed by atoms with Gasteiger partial charge in [-0.25, -0.2) is 13.8 Å². The van der Waals surface area contributed by atoms with Crippen molar-refractivity contribution in [2.24, 2.45) is 4.99 Å². The SMILES string of the molecule is CC(C)(O)C1=NC(=O)C2SC(c3cn[nH]c3)=C3OCC(F)(F)CC1=C32. The van der Waals surface area contributed by atoms with Crippen molar-refractivity contribution in [1.29, 1.82) is 0 Å². The number of nitrogens with zero attached hydrogens (tertiary/aromatic N) is 2. The molecule has 0 radical (unpaired) electrons. The number of H-pyrrole nitrogens is 1. The molecule has 3 aliphatic heterocycles. The van der Waals surface area contributed by atoms with E-state index in [2.05, 4.69) is 15.2 Å². The predicted molar refractivity (Wildman–Crippen MR) is 88.2 cm³/mol. The molecule has 2 N–H and O–H groups in total. The van der Waals surface area contributed by atoms with Crippen LogP contribution in [0.3, 0.4) is 0 Å². The molecule has 1 unspecified atom stereocenters. The zero-order valence-electron chi connectivity index (χ0n) is 13.5. The van der Waals surface area contributed by atoms with Crippen LogP contribution in [0.2, 0.25) is 0 Å². The lowest BCUT2D eigenvalue weighted by atomic mass is 9.85. The molecule has 25 heavy (non-hydrogen) atoms. The monoisotopic (exact) mass is 367 g/mol. The van der Waals surface area contributed by atoms with Crippen LogP contribution in [0.5, 0.6) is 0 Å². The second-order valence-electron chi connectivity index (χ2n) is 6.71. The van der Waals surface area contributed by atoms with E-state index < -0.39 is 35.7 Å². The number of ether oxygens (including phenoxy) is 1. The summed E-state index contributed by atoms with van der Waals surface area (Å²) in [7, 11) is 0. The molecule has 1 atom stereocenters. The summed E-state index contributed by atoms with van der Waals surface area (Å²) >= 11 is 1.21. The highest BCUT2D eigenvalue weighted by Gasteiger charge is 2.50. The van der Waals surface area contributed by atoms with E-state index in [1.165, 1.54) is 25.6 Å². The van der Waals surface area contributed by atoms with Crippen LogP contribution in [-0.2, 0) is 9.53 Å². The highest BCUT2D eigenvalue weighted by molar-refractivity contribution is 8.10. The van der Waals surface area contributed by atoms with E-state index in [4.69, 9.17) is 4.74 Å². The topological polar surface area (TPSA) is 87.6 Å². The largest absolute Gasteiger partial charge is 0.486 e. The number of aliphatic hydroxyl groups is 1. The van der Waals surface area contributed by atoms with Gasteiger partial charge in [0.25, 0.3) is 11.8 Å². The van der Waals surface area contributed by atoms with Crippen LogP contribution in [0, 0.1) is 0 Å². The van der Waals surface area contributed by atoms with Crippen LogP contribution in [0.25, 0.3) is 4.91 Å². The molecule has 0 spiro atoms. The van der Waals surface area contributed by atoms with Gasteiger partial charge in [0.1, 0.15) is 16.6 Å². The number of halogens is 2. The lowest BCUT2D eigenvalue weighted by molar-refractivity contribution is -0.116. The highest BCUT2D eigenvalue weighted by atomic mass is 32.2. The van der Waals surface area contributed by atoms with Gasteiger partial charge < -0.3 is 9.84 Å². The van der Waals surface area contributed by atoms with Crippen molar-refractivity contribution in [1.82, 2.24) is 10.2 Å². The van der Waals surface area contributed by atoms with Crippen LogP contribution < -0.4 is 0 Å². The number of nitrogens with one attached hydrogen (secondary N) is 1. The number of aromatic amines is 1.